The molecule has 2 heterocycles. The number of pyridine rings is 1. The Labute approximate surface area is 109 Å². The van der Waals surface area contributed by atoms with Crippen LogP contribution in [0.25, 0.3) is 10.9 Å². The predicted octanol–water partition coefficient (Wildman–Crippen LogP) is 3.84. The van der Waals surface area contributed by atoms with Gasteiger partial charge < -0.3 is 0 Å². The fourth-order valence-corrected chi connectivity index (χ4v) is 2.55. The van der Waals surface area contributed by atoms with Gasteiger partial charge in [-0.3, -0.25) is 4.79 Å². The molecule has 0 atom stereocenters. The molecule has 2 aromatic heterocycles. The average molecular weight is 253 g/mol. The van der Waals surface area contributed by atoms with Crippen LogP contribution in [0.4, 0.5) is 0 Å². The Hall–Kier alpha value is -2.00. The largest absolute Gasteiger partial charge is 0.287 e. The van der Waals surface area contributed by atoms with Crippen molar-refractivity contribution in [1.82, 2.24) is 4.98 Å². The second-order valence-electron chi connectivity index (χ2n) is 4.23. The molecule has 88 valence electrons. The van der Waals surface area contributed by atoms with E-state index in [9.17, 15) is 4.79 Å². The zero-order valence-electron chi connectivity index (χ0n) is 9.88. The van der Waals surface area contributed by atoms with E-state index in [1.54, 1.807) is 6.07 Å². The summed E-state index contributed by atoms with van der Waals surface area (Å²) in [6, 6.07) is 11.6. The Bertz CT molecular complexity index is 716. The highest BCUT2D eigenvalue weighted by atomic mass is 32.1. The van der Waals surface area contributed by atoms with Gasteiger partial charge >= 0.3 is 0 Å². The molecule has 0 bridgehead atoms. The monoisotopic (exact) mass is 253 g/mol. The Morgan fingerprint density at radius 3 is 2.83 bits per heavy atom. The first kappa shape index (κ1) is 11.1. The van der Waals surface area contributed by atoms with Crippen molar-refractivity contribution < 1.29 is 4.79 Å². The number of benzene rings is 1. The highest BCUT2D eigenvalue weighted by Gasteiger charge is 2.11. The molecule has 0 amide bonds. The van der Waals surface area contributed by atoms with Crippen molar-refractivity contribution in [1.29, 1.82) is 0 Å². The SMILES string of the molecule is Cc1ccc2nc(C(=O)c3ccsc3)ccc2c1. The van der Waals surface area contributed by atoms with Crippen LogP contribution >= 0.6 is 11.3 Å². The molecular weight excluding hydrogens is 242 g/mol. The number of thiophene rings is 1. The molecule has 0 aliphatic heterocycles. The lowest BCUT2D eigenvalue weighted by molar-refractivity contribution is 0.103. The third kappa shape index (κ3) is 1.93. The van der Waals surface area contributed by atoms with E-state index >= 15 is 0 Å². The van der Waals surface area contributed by atoms with E-state index < -0.39 is 0 Å². The molecule has 0 radical (unpaired) electrons. The van der Waals surface area contributed by atoms with E-state index in [4.69, 9.17) is 0 Å². The van der Waals surface area contributed by atoms with Gasteiger partial charge in [0.25, 0.3) is 0 Å². The molecule has 0 N–H and O–H groups in total. The maximum Gasteiger partial charge on any atom is 0.212 e. The number of ketones is 1. The summed E-state index contributed by atoms with van der Waals surface area (Å²) in [5.74, 6) is -0.0151. The van der Waals surface area contributed by atoms with Gasteiger partial charge in [0.05, 0.1) is 5.52 Å². The van der Waals surface area contributed by atoms with Crippen LogP contribution in [0.3, 0.4) is 0 Å². The first-order valence-electron chi connectivity index (χ1n) is 5.68. The minimum atomic E-state index is -0.0151. The molecule has 18 heavy (non-hydrogen) atoms. The summed E-state index contributed by atoms with van der Waals surface area (Å²) in [5, 5.41) is 4.82. The summed E-state index contributed by atoms with van der Waals surface area (Å²) in [6.45, 7) is 2.05. The van der Waals surface area contributed by atoms with Crippen LogP contribution in [0.2, 0.25) is 0 Å². The lowest BCUT2D eigenvalue weighted by atomic mass is 10.1. The number of aromatic nitrogens is 1. The third-order valence-electron chi connectivity index (χ3n) is 2.86. The zero-order chi connectivity index (χ0) is 12.5. The van der Waals surface area contributed by atoms with Gasteiger partial charge in [0.2, 0.25) is 5.78 Å². The topological polar surface area (TPSA) is 30.0 Å². The fourth-order valence-electron chi connectivity index (χ4n) is 1.91. The highest BCUT2D eigenvalue weighted by molar-refractivity contribution is 7.08. The van der Waals surface area contributed by atoms with Crippen molar-refractivity contribution >= 4 is 28.0 Å². The standard InChI is InChI=1S/C15H11NOS/c1-10-2-4-13-11(8-10)3-5-14(16-13)15(17)12-6-7-18-9-12/h2-9H,1H3. The van der Waals surface area contributed by atoms with Gasteiger partial charge in [-0.2, -0.15) is 11.3 Å². The third-order valence-corrected chi connectivity index (χ3v) is 3.54. The van der Waals surface area contributed by atoms with E-state index in [1.165, 1.54) is 16.9 Å². The summed E-state index contributed by atoms with van der Waals surface area (Å²) in [7, 11) is 0. The molecule has 0 saturated carbocycles. The Balaban J connectivity index is 2.09. The van der Waals surface area contributed by atoms with E-state index in [-0.39, 0.29) is 5.78 Å². The molecule has 3 rings (SSSR count). The van der Waals surface area contributed by atoms with Crippen LogP contribution in [-0.4, -0.2) is 10.8 Å². The molecular formula is C15H11NOS. The summed E-state index contributed by atoms with van der Waals surface area (Å²) in [5.41, 5.74) is 3.27. The summed E-state index contributed by atoms with van der Waals surface area (Å²) < 4.78 is 0. The summed E-state index contributed by atoms with van der Waals surface area (Å²) >= 11 is 1.52. The Kier molecular flexibility index (Phi) is 2.68. The first-order chi connectivity index (χ1) is 8.74. The molecule has 0 fully saturated rings. The van der Waals surface area contributed by atoms with Gasteiger partial charge in [-0.25, -0.2) is 4.98 Å². The van der Waals surface area contributed by atoms with Crippen LogP contribution in [0, 0.1) is 6.92 Å². The number of hydrogen-bond donors (Lipinski definition) is 0. The number of carbonyl (C=O) groups is 1. The van der Waals surface area contributed by atoms with Crippen LogP contribution in [-0.2, 0) is 0 Å². The van der Waals surface area contributed by atoms with Crippen LogP contribution in [0.15, 0.2) is 47.2 Å². The van der Waals surface area contributed by atoms with Gasteiger partial charge in [-0.15, -0.1) is 0 Å². The number of nitrogens with zero attached hydrogens (tertiary/aromatic N) is 1. The zero-order valence-corrected chi connectivity index (χ0v) is 10.7. The molecule has 0 unspecified atom stereocenters. The molecule has 0 aliphatic carbocycles. The van der Waals surface area contributed by atoms with Crippen molar-refractivity contribution in [3.63, 3.8) is 0 Å². The molecule has 2 nitrogen and oxygen atoms in total. The Morgan fingerprint density at radius 1 is 1.17 bits per heavy atom. The lowest BCUT2D eigenvalue weighted by Crippen LogP contribution is -2.02. The van der Waals surface area contributed by atoms with Crippen molar-refractivity contribution in [2.24, 2.45) is 0 Å². The smallest absolute Gasteiger partial charge is 0.212 e. The molecule has 3 heteroatoms. The Morgan fingerprint density at radius 2 is 2.06 bits per heavy atom. The van der Waals surface area contributed by atoms with Crippen molar-refractivity contribution in [3.05, 3.63) is 64.0 Å². The normalized spacial score (nSPS) is 10.7. The maximum absolute atomic E-state index is 12.2. The predicted molar refractivity (Wildman–Crippen MR) is 74.2 cm³/mol. The van der Waals surface area contributed by atoms with E-state index in [0.29, 0.717) is 11.3 Å². The number of hydrogen-bond acceptors (Lipinski definition) is 3. The van der Waals surface area contributed by atoms with Gasteiger partial charge in [-0.1, -0.05) is 17.7 Å². The molecule has 0 saturated heterocycles. The molecule has 0 spiro atoms. The number of aryl methyl sites for hydroxylation is 1. The van der Waals surface area contributed by atoms with E-state index in [0.717, 1.165) is 10.9 Å². The van der Waals surface area contributed by atoms with Crippen LogP contribution < -0.4 is 0 Å². The van der Waals surface area contributed by atoms with Gasteiger partial charge in [-0.05, 0) is 36.6 Å². The summed E-state index contributed by atoms with van der Waals surface area (Å²) in [4.78, 5) is 16.6. The number of rotatable bonds is 2. The van der Waals surface area contributed by atoms with Crippen molar-refractivity contribution in [2.45, 2.75) is 6.92 Å². The van der Waals surface area contributed by atoms with E-state index in [2.05, 4.69) is 11.1 Å². The van der Waals surface area contributed by atoms with Gasteiger partial charge in [0.1, 0.15) is 5.69 Å². The van der Waals surface area contributed by atoms with Crippen molar-refractivity contribution in [2.75, 3.05) is 0 Å². The average Bonchev–Trinajstić information content (AvgIpc) is 2.91. The van der Waals surface area contributed by atoms with E-state index in [1.807, 2.05) is 41.9 Å². The quantitative estimate of drug-likeness (QED) is 0.649. The molecule has 1 aromatic carbocycles. The van der Waals surface area contributed by atoms with Crippen LogP contribution in [0.1, 0.15) is 21.6 Å². The number of carbonyl (C=O) groups excluding carboxylic acids is 1. The highest BCUT2D eigenvalue weighted by Crippen LogP contribution is 2.17. The van der Waals surface area contributed by atoms with Gasteiger partial charge in [0.15, 0.2) is 0 Å². The van der Waals surface area contributed by atoms with Gasteiger partial charge in [0, 0.05) is 16.3 Å². The van der Waals surface area contributed by atoms with Crippen LogP contribution in [0.5, 0.6) is 0 Å². The molecule has 0 aliphatic rings. The number of fused-ring (bicyclic) bond motifs is 1. The van der Waals surface area contributed by atoms with Crippen molar-refractivity contribution in [3.8, 4) is 0 Å². The first-order valence-corrected chi connectivity index (χ1v) is 6.62. The second-order valence-corrected chi connectivity index (χ2v) is 5.01. The minimum Gasteiger partial charge on any atom is -0.287 e. The molecule has 3 aromatic rings. The summed E-state index contributed by atoms with van der Waals surface area (Å²) in [6.07, 6.45) is 0. The second kappa shape index (κ2) is 4.35. The lowest BCUT2D eigenvalue weighted by Gasteiger charge is -2.02. The fraction of sp³-hybridized carbons (Fsp3) is 0.0667. The minimum absolute atomic E-state index is 0.0151. The maximum atomic E-state index is 12.2.